The van der Waals surface area contributed by atoms with Crippen LogP contribution in [0.1, 0.15) is 23.7 Å². The maximum atomic E-state index is 11.8. The van der Waals surface area contributed by atoms with Gasteiger partial charge in [0.05, 0.1) is 5.02 Å². The molecule has 0 spiro atoms. The number of nitrogens with one attached hydrogen (secondary N) is 1. The molecule has 0 aliphatic heterocycles. The lowest BCUT2D eigenvalue weighted by molar-refractivity contribution is 0.0940. The standard InChI is InChI=1S/C12H13ClINO/c1-3-4-8(2)15-12(16)9-5-6-11(14)10(13)7-9/h3,5-8H,1,4H2,2H3,(H,15,16). The topological polar surface area (TPSA) is 29.1 Å². The summed E-state index contributed by atoms with van der Waals surface area (Å²) in [7, 11) is 0. The summed E-state index contributed by atoms with van der Waals surface area (Å²) >= 11 is 8.08. The van der Waals surface area contributed by atoms with E-state index in [1.165, 1.54) is 0 Å². The first-order valence-corrected chi connectivity index (χ1v) is 6.37. The van der Waals surface area contributed by atoms with E-state index < -0.39 is 0 Å². The fourth-order valence-corrected chi connectivity index (χ4v) is 1.77. The first-order valence-electron chi connectivity index (χ1n) is 4.91. The second kappa shape index (κ2) is 6.25. The van der Waals surface area contributed by atoms with Gasteiger partial charge in [-0.2, -0.15) is 0 Å². The zero-order valence-electron chi connectivity index (χ0n) is 8.97. The van der Waals surface area contributed by atoms with Crippen LogP contribution in [-0.2, 0) is 0 Å². The Kier molecular flexibility index (Phi) is 5.28. The highest BCUT2D eigenvalue weighted by Gasteiger charge is 2.09. The van der Waals surface area contributed by atoms with E-state index in [0.29, 0.717) is 10.6 Å². The third kappa shape index (κ3) is 3.79. The lowest BCUT2D eigenvalue weighted by Crippen LogP contribution is -2.32. The molecule has 0 bridgehead atoms. The molecule has 0 radical (unpaired) electrons. The van der Waals surface area contributed by atoms with Crippen LogP contribution in [0.5, 0.6) is 0 Å². The number of hydrogen-bond acceptors (Lipinski definition) is 1. The lowest BCUT2D eigenvalue weighted by atomic mass is 10.2. The molecule has 0 aliphatic carbocycles. The van der Waals surface area contributed by atoms with Crippen LogP contribution < -0.4 is 5.32 Å². The summed E-state index contributed by atoms with van der Waals surface area (Å²) in [6.07, 6.45) is 2.54. The molecule has 4 heteroatoms. The van der Waals surface area contributed by atoms with Crippen LogP contribution in [0.3, 0.4) is 0 Å². The van der Waals surface area contributed by atoms with Crippen LogP contribution in [0.4, 0.5) is 0 Å². The van der Waals surface area contributed by atoms with Gasteiger partial charge in [0.15, 0.2) is 0 Å². The minimum atomic E-state index is -0.104. The molecule has 1 rings (SSSR count). The van der Waals surface area contributed by atoms with Crippen molar-refractivity contribution in [3.05, 3.63) is 45.0 Å². The van der Waals surface area contributed by atoms with Crippen molar-refractivity contribution < 1.29 is 4.79 Å². The minimum absolute atomic E-state index is 0.0862. The average Bonchev–Trinajstić information content (AvgIpc) is 2.22. The van der Waals surface area contributed by atoms with Crippen LogP contribution in [0, 0.1) is 3.57 Å². The molecule has 86 valence electrons. The maximum absolute atomic E-state index is 11.8. The second-order valence-electron chi connectivity index (χ2n) is 3.53. The number of halogens is 2. The summed E-state index contributed by atoms with van der Waals surface area (Å²) in [6.45, 7) is 5.57. The van der Waals surface area contributed by atoms with Crippen LogP contribution in [0.2, 0.25) is 5.02 Å². The third-order valence-electron chi connectivity index (χ3n) is 2.08. The Balaban J connectivity index is 2.73. The summed E-state index contributed by atoms with van der Waals surface area (Å²) in [5.41, 5.74) is 0.585. The molecule has 0 saturated carbocycles. The van der Waals surface area contributed by atoms with Gasteiger partial charge in [0.25, 0.3) is 5.91 Å². The van der Waals surface area contributed by atoms with Gasteiger partial charge in [0.2, 0.25) is 0 Å². The summed E-state index contributed by atoms with van der Waals surface area (Å²) in [6, 6.07) is 5.36. The second-order valence-corrected chi connectivity index (χ2v) is 5.10. The summed E-state index contributed by atoms with van der Waals surface area (Å²) in [4.78, 5) is 11.8. The van der Waals surface area contributed by atoms with Crippen molar-refractivity contribution in [2.45, 2.75) is 19.4 Å². The molecule has 0 heterocycles. The largest absolute Gasteiger partial charge is 0.349 e. The van der Waals surface area contributed by atoms with E-state index in [1.807, 2.05) is 13.0 Å². The zero-order valence-corrected chi connectivity index (χ0v) is 11.9. The fraction of sp³-hybridized carbons (Fsp3) is 0.250. The predicted molar refractivity (Wildman–Crippen MR) is 75.9 cm³/mol. The number of amides is 1. The normalized spacial score (nSPS) is 11.9. The highest BCUT2D eigenvalue weighted by atomic mass is 127. The van der Waals surface area contributed by atoms with Crippen LogP contribution >= 0.6 is 34.2 Å². The number of hydrogen-bond donors (Lipinski definition) is 1. The van der Waals surface area contributed by atoms with Crippen LogP contribution in [0.15, 0.2) is 30.9 Å². The molecule has 1 aromatic rings. The van der Waals surface area contributed by atoms with Gasteiger partial charge in [0.1, 0.15) is 0 Å². The minimum Gasteiger partial charge on any atom is -0.349 e. The quantitative estimate of drug-likeness (QED) is 0.652. The Hall–Kier alpha value is -0.550. The maximum Gasteiger partial charge on any atom is 0.251 e. The van der Waals surface area contributed by atoms with Gasteiger partial charge in [-0.15, -0.1) is 6.58 Å². The van der Waals surface area contributed by atoms with Crippen molar-refractivity contribution >= 4 is 40.1 Å². The highest BCUT2D eigenvalue weighted by Crippen LogP contribution is 2.19. The molecular formula is C12H13ClINO. The van der Waals surface area contributed by atoms with Crippen LogP contribution in [0.25, 0.3) is 0 Å². The first-order chi connectivity index (χ1) is 7.54. The zero-order chi connectivity index (χ0) is 12.1. The molecular weight excluding hydrogens is 336 g/mol. The van der Waals surface area contributed by atoms with Crippen molar-refractivity contribution in [1.29, 1.82) is 0 Å². The summed E-state index contributed by atoms with van der Waals surface area (Å²) in [5.74, 6) is -0.104. The Labute approximate surface area is 114 Å². The molecule has 0 aromatic heterocycles. The molecule has 0 saturated heterocycles. The molecule has 0 fully saturated rings. The van der Waals surface area contributed by atoms with Crippen molar-refractivity contribution in [3.63, 3.8) is 0 Å². The molecule has 16 heavy (non-hydrogen) atoms. The molecule has 1 atom stereocenters. The predicted octanol–water partition coefficient (Wildman–Crippen LogP) is 3.64. The number of carbonyl (C=O) groups excluding carboxylic acids is 1. The van der Waals surface area contributed by atoms with E-state index in [9.17, 15) is 4.79 Å². The smallest absolute Gasteiger partial charge is 0.251 e. The van der Waals surface area contributed by atoms with Gasteiger partial charge in [-0.25, -0.2) is 0 Å². The van der Waals surface area contributed by atoms with E-state index in [-0.39, 0.29) is 11.9 Å². The number of benzene rings is 1. The van der Waals surface area contributed by atoms with E-state index in [4.69, 9.17) is 11.6 Å². The van der Waals surface area contributed by atoms with Gasteiger partial charge in [-0.1, -0.05) is 17.7 Å². The van der Waals surface area contributed by atoms with Gasteiger partial charge >= 0.3 is 0 Å². The SMILES string of the molecule is C=CCC(C)NC(=O)c1ccc(I)c(Cl)c1. The van der Waals surface area contributed by atoms with Crippen LogP contribution in [-0.4, -0.2) is 11.9 Å². The van der Waals surface area contributed by atoms with Crippen molar-refractivity contribution in [2.24, 2.45) is 0 Å². The Morgan fingerprint density at radius 3 is 2.94 bits per heavy atom. The van der Waals surface area contributed by atoms with Crippen molar-refractivity contribution in [3.8, 4) is 0 Å². The van der Waals surface area contributed by atoms with Gasteiger partial charge in [0, 0.05) is 15.2 Å². The van der Waals surface area contributed by atoms with E-state index in [1.54, 1.807) is 18.2 Å². The van der Waals surface area contributed by atoms with Gasteiger partial charge in [-0.05, 0) is 54.1 Å². The monoisotopic (exact) mass is 349 g/mol. The molecule has 2 nitrogen and oxygen atoms in total. The Morgan fingerprint density at radius 1 is 1.69 bits per heavy atom. The van der Waals surface area contributed by atoms with Crippen molar-refractivity contribution in [2.75, 3.05) is 0 Å². The summed E-state index contributed by atoms with van der Waals surface area (Å²) < 4.78 is 0.940. The van der Waals surface area contributed by atoms with E-state index in [0.717, 1.165) is 9.99 Å². The fourth-order valence-electron chi connectivity index (χ4n) is 1.25. The Morgan fingerprint density at radius 2 is 2.38 bits per heavy atom. The van der Waals surface area contributed by atoms with Gasteiger partial charge < -0.3 is 5.32 Å². The molecule has 0 aliphatic rings. The highest BCUT2D eigenvalue weighted by molar-refractivity contribution is 14.1. The van der Waals surface area contributed by atoms with Gasteiger partial charge in [-0.3, -0.25) is 4.79 Å². The molecule has 1 amide bonds. The number of rotatable bonds is 4. The summed E-state index contributed by atoms with van der Waals surface area (Å²) in [5, 5.41) is 3.47. The van der Waals surface area contributed by atoms with E-state index >= 15 is 0 Å². The Bertz CT molecular complexity index is 406. The lowest BCUT2D eigenvalue weighted by Gasteiger charge is -2.11. The third-order valence-corrected chi connectivity index (χ3v) is 3.65. The first kappa shape index (κ1) is 13.5. The molecule has 1 unspecified atom stereocenters. The number of carbonyl (C=O) groups is 1. The van der Waals surface area contributed by atoms with E-state index in [2.05, 4.69) is 34.5 Å². The molecule has 1 aromatic carbocycles. The molecule has 1 N–H and O–H groups in total. The average molecular weight is 350 g/mol. The van der Waals surface area contributed by atoms with Crippen molar-refractivity contribution in [1.82, 2.24) is 5.32 Å².